The van der Waals surface area contributed by atoms with Crippen molar-refractivity contribution in [1.29, 1.82) is 5.26 Å². The van der Waals surface area contributed by atoms with Crippen LogP contribution in [0, 0.1) is 11.3 Å². The summed E-state index contributed by atoms with van der Waals surface area (Å²) in [6, 6.07) is 21.3. The summed E-state index contributed by atoms with van der Waals surface area (Å²) in [6.07, 6.45) is 1.50. The van der Waals surface area contributed by atoms with Gasteiger partial charge in [0.15, 0.2) is 0 Å². The van der Waals surface area contributed by atoms with Crippen LogP contribution in [0.2, 0.25) is 0 Å². The third kappa shape index (κ3) is 4.19. The van der Waals surface area contributed by atoms with E-state index >= 15 is 0 Å². The Bertz CT molecular complexity index is 1310. The first kappa shape index (κ1) is 20.8. The van der Waals surface area contributed by atoms with Gasteiger partial charge in [0.1, 0.15) is 11.8 Å². The van der Waals surface area contributed by atoms with Gasteiger partial charge in [-0.1, -0.05) is 36.4 Å². The van der Waals surface area contributed by atoms with Gasteiger partial charge >= 0.3 is 0 Å². The van der Waals surface area contributed by atoms with Crippen LogP contribution in [0.5, 0.6) is 11.6 Å². The molecule has 1 unspecified atom stereocenters. The second kappa shape index (κ2) is 8.71. The molecule has 0 bridgehead atoms. The van der Waals surface area contributed by atoms with Gasteiger partial charge in [-0.2, -0.15) is 10.4 Å². The van der Waals surface area contributed by atoms with Crippen LogP contribution >= 0.6 is 0 Å². The molecule has 1 amide bonds. The molecule has 2 aromatic heterocycles. The Labute approximate surface area is 184 Å². The molecule has 0 aliphatic rings. The van der Waals surface area contributed by atoms with Crippen LogP contribution in [-0.2, 0) is 11.8 Å². The molecule has 0 spiro atoms. The Morgan fingerprint density at radius 1 is 1.09 bits per heavy atom. The van der Waals surface area contributed by atoms with Gasteiger partial charge in [-0.05, 0) is 29.8 Å². The monoisotopic (exact) mass is 424 g/mol. The van der Waals surface area contributed by atoms with Crippen molar-refractivity contribution in [3.8, 4) is 40.2 Å². The van der Waals surface area contributed by atoms with E-state index in [4.69, 9.17) is 16.2 Å². The van der Waals surface area contributed by atoms with Crippen LogP contribution in [0.1, 0.15) is 17.2 Å². The number of primary amides is 1. The van der Waals surface area contributed by atoms with Crippen molar-refractivity contribution in [3.63, 3.8) is 0 Å². The molecule has 1 atom stereocenters. The minimum atomic E-state index is -0.931. The summed E-state index contributed by atoms with van der Waals surface area (Å²) in [6.45, 7) is 0. The summed E-state index contributed by atoms with van der Waals surface area (Å²) < 4.78 is 7.80. The van der Waals surface area contributed by atoms with Crippen LogP contribution in [-0.4, -0.2) is 20.7 Å². The Hall–Kier alpha value is -4.48. The Kier molecular flexibility index (Phi) is 5.66. The maximum atomic E-state index is 11.3. The van der Waals surface area contributed by atoms with Crippen LogP contribution in [0.3, 0.4) is 0 Å². The van der Waals surface area contributed by atoms with E-state index in [1.165, 1.54) is 6.20 Å². The number of nitriles is 1. The molecule has 2 aromatic carbocycles. The number of hydrogen-bond acceptors (Lipinski definition) is 6. The van der Waals surface area contributed by atoms with Crippen molar-refractivity contribution in [2.75, 3.05) is 0 Å². The number of aryl methyl sites for hydroxylation is 1. The molecular weight excluding hydrogens is 404 g/mol. The third-order valence-corrected chi connectivity index (χ3v) is 4.96. The summed E-state index contributed by atoms with van der Waals surface area (Å²) in [5.74, 6) is 0.325. The molecule has 8 heteroatoms. The van der Waals surface area contributed by atoms with E-state index in [1.807, 2.05) is 36.4 Å². The van der Waals surface area contributed by atoms with Crippen molar-refractivity contribution in [2.24, 2.45) is 18.5 Å². The highest BCUT2D eigenvalue weighted by atomic mass is 16.5. The van der Waals surface area contributed by atoms with E-state index in [0.29, 0.717) is 34.0 Å². The number of ether oxygens (including phenoxy) is 1. The molecule has 0 aliphatic heterocycles. The van der Waals surface area contributed by atoms with Crippen LogP contribution in [0.15, 0.2) is 72.9 Å². The fourth-order valence-corrected chi connectivity index (χ4v) is 3.21. The molecule has 0 saturated carbocycles. The molecule has 0 aliphatic carbocycles. The van der Waals surface area contributed by atoms with Crippen LogP contribution < -0.4 is 16.2 Å². The molecule has 0 fully saturated rings. The zero-order valence-corrected chi connectivity index (χ0v) is 17.3. The number of hydrogen-bond donors (Lipinski definition) is 2. The molecule has 4 aromatic rings. The van der Waals surface area contributed by atoms with Gasteiger partial charge in [0.25, 0.3) is 0 Å². The molecule has 32 heavy (non-hydrogen) atoms. The maximum absolute atomic E-state index is 11.3. The zero-order chi connectivity index (χ0) is 22.7. The Balaban J connectivity index is 1.70. The molecule has 4 N–H and O–H groups in total. The first-order valence-corrected chi connectivity index (χ1v) is 9.79. The predicted octanol–water partition coefficient (Wildman–Crippen LogP) is 3.30. The predicted molar refractivity (Wildman–Crippen MR) is 119 cm³/mol. The normalized spacial score (nSPS) is 11.5. The molecule has 158 valence electrons. The molecule has 4 rings (SSSR count). The number of pyridine rings is 1. The van der Waals surface area contributed by atoms with Crippen molar-refractivity contribution in [1.82, 2.24) is 14.8 Å². The average Bonchev–Trinajstić information content (AvgIpc) is 3.19. The first-order chi connectivity index (χ1) is 15.5. The third-order valence-electron chi connectivity index (χ3n) is 4.96. The molecular formula is C24H20N6O2. The van der Waals surface area contributed by atoms with E-state index in [2.05, 4.69) is 16.2 Å². The summed E-state index contributed by atoms with van der Waals surface area (Å²) in [5, 5.41) is 13.9. The first-order valence-electron chi connectivity index (χ1n) is 9.79. The lowest BCUT2D eigenvalue weighted by atomic mass is 10.0. The molecule has 0 radical (unpaired) electrons. The van der Waals surface area contributed by atoms with E-state index in [9.17, 15) is 10.1 Å². The SMILES string of the molecule is Cn1nc(-c2ccccc2)cc1Oc1cc(C#N)ccc1-c1ccc(C(N)C(N)=O)cn1. The highest BCUT2D eigenvalue weighted by molar-refractivity contribution is 5.81. The lowest BCUT2D eigenvalue weighted by Gasteiger charge is -2.12. The van der Waals surface area contributed by atoms with Crippen molar-refractivity contribution >= 4 is 5.91 Å². The number of rotatable bonds is 6. The lowest BCUT2D eigenvalue weighted by molar-refractivity contribution is -0.119. The second-order valence-electron chi connectivity index (χ2n) is 7.14. The van der Waals surface area contributed by atoms with Gasteiger partial charge in [-0.3, -0.25) is 9.78 Å². The number of benzene rings is 2. The highest BCUT2D eigenvalue weighted by Crippen LogP contribution is 2.34. The van der Waals surface area contributed by atoms with Crippen molar-refractivity contribution in [3.05, 3.63) is 84.1 Å². The lowest BCUT2D eigenvalue weighted by Crippen LogP contribution is -2.28. The summed E-state index contributed by atoms with van der Waals surface area (Å²) in [5.41, 5.74) is 15.0. The van der Waals surface area contributed by atoms with E-state index in [1.54, 1.807) is 42.1 Å². The number of carbonyl (C=O) groups is 1. The van der Waals surface area contributed by atoms with Gasteiger partial charge < -0.3 is 16.2 Å². The fourth-order valence-electron chi connectivity index (χ4n) is 3.21. The fraction of sp³-hybridized carbons (Fsp3) is 0.0833. The molecule has 2 heterocycles. The van der Waals surface area contributed by atoms with Crippen LogP contribution in [0.4, 0.5) is 0 Å². The maximum Gasteiger partial charge on any atom is 0.238 e. The molecule has 0 saturated heterocycles. The smallest absolute Gasteiger partial charge is 0.238 e. The topological polar surface area (TPSA) is 133 Å². The van der Waals surface area contributed by atoms with Gasteiger partial charge in [0.05, 0.1) is 23.0 Å². The summed E-state index contributed by atoms with van der Waals surface area (Å²) in [7, 11) is 1.79. The molecule has 8 nitrogen and oxygen atoms in total. The van der Waals surface area contributed by atoms with E-state index in [0.717, 1.165) is 11.3 Å². The van der Waals surface area contributed by atoms with E-state index in [-0.39, 0.29) is 0 Å². The standard InChI is InChI=1S/C24H20N6O2/c1-30-22(12-20(29-30)16-5-3-2-4-6-16)32-21-11-15(13-25)7-9-18(21)19-10-8-17(14-28-19)23(26)24(27)31/h2-12,14,23H,26H2,1H3,(H2,27,31). The number of nitrogens with two attached hydrogens (primary N) is 2. The summed E-state index contributed by atoms with van der Waals surface area (Å²) in [4.78, 5) is 15.7. The number of amides is 1. The Morgan fingerprint density at radius 2 is 1.88 bits per heavy atom. The Morgan fingerprint density at radius 3 is 2.53 bits per heavy atom. The number of aromatic nitrogens is 3. The quantitative estimate of drug-likeness (QED) is 0.488. The minimum absolute atomic E-state index is 0.446. The zero-order valence-electron chi connectivity index (χ0n) is 17.3. The van der Waals surface area contributed by atoms with Gasteiger partial charge in [0, 0.05) is 30.4 Å². The van der Waals surface area contributed by atoms with Crippen LogP contribution in [0.25, 0.3) is 22.5 Å². The number of nitrogens with zero attached hydrogens (tertiary/aromatic N) is 4. The second-order valence-corrected chi connectivity index (χ2v) is 7.14. The van der Waals surface area contributed by atoms with Gasteiger partial charge in [-0.25, -0.2) is 4.68 Å². The highest BCUT2D eigenvalue weighted by Gasteiger charge is 2.16. The minimum Gasteiger partial charge on any atom is -0.439 e. The largest absolute Gasteiger partial charge is 0.439 e. The average molecular weight is 424 g/mol. The number of carbonyl (C=O) groups excluding carboxylic acids is 1. The van der Waals surface area contributed by atoms with E-state index < -0.39 is 11.9 Å². The summed E-state index contributed by atoms with van der Waals surface area (Å²) >= 11 is 0. The van der Waals surface area contributed by atoms with Gasteiger partial charge in [-0.15, -0.1) is 0 Å². The van der Waals surface area contributed by atoms with Gasteiger partial charge in [0.2, 0.25) is 11.8 Å². The van der Waals surface area contributed by atoms with Crippen molar-refractivity contribution in [2.45, 2.75) is 6.04 Å². The van der Waals surface area contributed by atoms with Crippen molar-refractivity contribution < 1.29 is 9.53 Å².